The first kappa shape index (κ1) is 12.1. The normalized spacial score (nSPS) is 25.0. The average molecular weight is 279 g/mol. The summed E-state index contributed by atoms with van der Waals surface area (Å²) in [7, 11) is 0. The van der Waals surface area contributed by atoms with Gasteiger partial charge in [0.1, 0.15) is 0 Å². The van der Waals surface area contributed by atoms with E-state index < -0.39 is 0 Å². The van der Waals surface area contributed by atoms with Crippen LogP contribution in [-0.4, -0.2) is 47.2 Å². The molecule has 2 aliphatic carbocycles. The number of thiazole rings is 1. The predicted molar refractivity (Wildman–Crippen MR) is 76.8 cm³/mol. The van der Waals surface area contributed by atoms with Gasteiger partial charge in [0.05, 0.1) is 17.2 Å². The summed E-state index contributed by atoms with van der Waals surface area (Å²) in [5.74, 6) is 0.639. The highest BCUT2D eigenvalue weighted by Gasteiger charge is 2.33. The summed E-state index contributed by atoms with van der Waals surface area (Å²) >= 11 is 1.71. The molecule has 0 unspecified atom stereocenters. The minimum atomic E-state index is 0.158. The molecule has 0 atom stereocenters. The first-order valence-electron chi connectivity index (χ1n) is 7.44. The molecule has 0 radical (unpaired) electrons. The van der Waals surface area contributed by atoms with Crippen LogP contribution in [0.3, 0.4) is 0 Å². The third-order valence-corrected chi connectivity index (χ3v) is 5.59. The van der Waals surface area contributed by atoms with E-state index >= 15 is 0 Å². The molecule has 0 amide bonds. The van der Waals surface area contributed by atoms with Crippen LogP contribution in [0.2, 0.25) is 0 Å². The molecule has 1 aromatic rings. The zero-order chi connectivity index (χ0) is 12.8. The fourth-order valence-corrected chi connectivity index (χ4v) is 4.05. The molecule has 3 fully saturated rings. The number of rotatable bonds is 4. The number of aromatic nitrogens is 1. The van der Waals surface area contributed by atoms with Gasteiger partial charge in [0, 0.05) is 38.1 Å². The maximum atomic E-state index is 9.47. The lowest BCUT2D eigenvalue weighted by Gasteiger charge is -2.34. The molecule has 4 rings (SSSR count). The van der Waals surface area contributed by atoms with Gasteiger partial charge in [-0.25, -0.2) is 4.98 Å². The Morgan fingerprint density at radius 1 is 1.11 bits per heavy atom. The molecule has 104 valence electrons. The van der Waals surface area contributed by atoms with Crippen LogP contribution in [0.1, 0.15) is 42.2 Å². The summed E-state index contributed by atoms with van der Waals surface area (Å²) in [6.45, 7) is 4.71. The summed E-state index contributed by atoms with van der Waals surface area (Å²) in [4.78, 5) is 11.0. The first-order valence-corrected chi connectivity index (χ1v) is 8.26. The van der Waals surface area contributed by atoms with Crippen molar-refractivity contribution in [2.75, 3.05) is 31.1 Å². The minimum absolute atomic E-state index is 0.158. The third kappa shape index (κ3) is 2.39. The van der Waals surface area contributed by atoms with Gasteiger partial charge in [-0.15, -0.1) is 0 Å². The molecule has 5 heteroatoms. The molecule has 1 N–H and O–H groups in total. The van der Waals surface area contributed by atoms with Crippen LogP contribution in [0, 0.1) is 0 Å². The molecular weight excluding hydrogens is 258 g/mol. The maximum Gasteiger partial charge on any atom is 0.185 e. The van der Waals surface area contributed by atoms with E-state index in [1.165, 1.54) is 44.5 Å². The highest BCUT2D eigenvalue weighted by atomic mass is 32.1. The van der Waals surface area contributed by atoms with Gasteiger partial charge in [-0.1, -0.05) is 11.3 Å². The van der Waals surface area contributed by atoms with Crippen LogP contribution < -0.4 is 4.90 Å². The summed E-state index contributed by atoms with van der Waals surface area (Å²) in [6.07, 6.45) is 5.31. The second kappa shape index (κ2) is 4.72. The Bertz CT molecular complexity index is 459. The second-order valence-electron chi connectivity index (χ2n) is 5.99. The molecule has 3 aliphatic rings. The number of anilines is 1. The Hall–Kier alpha value is -0.650. The van der Waals surface area contributed by atoms with Gasteiger partial charge in [-0.05, 0) is 25.7 Å². The van der Waals surface area contributed by atoms with Crippen LogP contribution in [0.5, 0.6) is 0 Å². The number of nitrogens with zero attached hydrogens (tertiary/aromatic N) is 3. The van der Waals surface area contributed by atoms with Gasteiger partial charge in [0.2, 0.25) is 0 Å². The third-order valence-electron chi connectivity index (χ3n) is 4.47. The summed E-state index contributed by atoms with van der Waals surface area (Å²) in [6, 6.07) is 0.883. The Morgan fingerprint density at radius 3 is 2.42 bits per heavy atom. The standard InChI is InChI=1S/C14H21N3OS/c18-9-12-13(10-1-2-10)15-14(19-12)17-7-5-16(6-8-17)11-3-4-11/h10-11,18H,1-9H2. The summed E-state index contributed by atoms with van der Waals surface area (Å²) in [5.41, 5.74) is 1.19. The van der Waals surface area contributed by atoms with Gasteiger partial charge < -0.3 is 10.0 Å². The summed E-state index contributed by atoms with van der Waals surface area (Å²) < 4.78 is 0. The fraction of sp³-hybridized carbons (Fsp3) is 0.786. The molecule has 2 heterocycles. The van der Waals surface area contributed by atoms with E-state index in [0.29, 0.717) is 5.92 Å². The molecule has 4 nitrogen and oxygen atoms in total. The topological polar surface area (TPSA) is 39.6 Å². The second-order valence-corrected chi connectivity index (χ2v) is 7.05. The van der Waals surface area contributed by atoms with Crippen molar-refractivity contribution in [2.45, 2.75) is 44.2 Å². The number of aliphatic hydroxyl groups excluding tert-OH is 1. The fourth-order valence-electron chi connectivity index (χ4n) is 2.99. The van der Waals surface area contributed by atoms with E-state index in [4.69, 9.17) is 4.98 Å². The Labute approximate surface area is 118 Å². The van der Waals surface area contributed by atoms with Crippen molar-refractivity contribution in [1.82, 2.24) is 9.88 Å². The molecule has 1 aliphatic heterocycles. The van der Waals surface area contributed by atoms with Gasteiger partial charge in [-0.2, -0.15) is 0 Å². The monoisotopic (exact) mass is 279 g/mol. The Morgan fingerprint density at radius 2 is 1.84 bits per heavy atom. The Kier molecular flexibility index (Phi) is 3.01. The highest BCUT2D eigenvalue weighted by molar-refractivity contribution is 7.15. The van der Waals surface area contributed by atoms with E-state index in [-0.39, 0.29) is 6.61 Å². The average Bonchev–Trinajstić information content (AvgIpc) is 3.36. The number of piperazine rings is 1. The van der Waals surface area contributed by atoms with Crippen molar-refractivity contribution in [2.24, 2.45) is 0 Å². The van der Waals surface area contributed by atoms with E-state index in [1.54, 1.807) is 11.3 Å². The smallest absolute Gasteiger partial charge is 0.185 e. The molecular formula is C14H21N3OS. The molecule has 19 heavy (non-hydrogen) atoms. The van der Waals surface area contributed by atoms with Crippen LogP contribution in [0.25, 0.3) is 0 Å². The zero-order valence-corrected chi connectivity index (χ0v) is 12.0. The lowest BCUT2D eigenvalue weighted by atomic mass is 10.2. The van der Waals surface area contributed by atoms with Crippen LogP contribution >= 0.6 is 11.3 Å². The van der Waals surface area contributed by atoms with Crippen LogP contribution in [0.4, 0.5) is 5.13 Å². The maximum absolute atomic E-state index is 9.47. The van der Waals surface area contributed by atoms with Crippen molar-refractivity contribution in [3.63, 3.8) is 0 Å². The zero-order valence-electron chi connectivity index (χ0n) is 11.2. The largest absolute Gasteiger partial charge is 0.391 e. The molecule has 0 aromatic carbocycles. The lowest BCUT2D eigenvalue weighted by molar-refractivity contribution is 0.248. The van der Waals surface area contributed by atoms with E-state index in [9.17, 15) is 5.11 Å². The SMILES string of the molecule is OCc1sc(N2CCN(C3CC3)CC2)nc1C1CC1. The van der Waals surface area contributed by atoms with E-state index in [1.807, 2.05) is 0 Å². The van der Waals surface area contributed by atoms with Gasteiger partial charge in [-0.3, -0.25) is 4.90 Å². The molecule has 2 saturated carbocycles. The quantitative estimate of drug-likeness (QED) is 0.912. The van der Waals surface area contributed by atoms with Crippen molar-refractivity contribution >= 4 is 16.5 Å². The van der Waals surface area contributed by atoms with Gasteiger partial charge in [0.25, 0.3) is 0 Å². The molecule has 1 saturated heterocycles. The number of aliphatic hydroxyl groups is 1. The van der Waals surface area contributed by atoms with Gasteiger partial charge >= 0.3 is 0 Å². The van der Waals surface area contributed by atoms with Crippen molar-refractivity contribution in [3.05, 3.63) is 10.6 Å². The predicted octanol–water partition coefficient (Wildman–Crippen LogP) is 1.80. The van der Waals surface area contributed by atoms with E-state index in [2.05, 4.69) is 9.80 Å². The summed E-state index contributed by atoms with van der Waals surface area (Å²) in [5, 5.41) is 10.6. The van der Waals surface area contributed by atoms with Gasteiger partial charge in [0.15, 0.2) is 5.13 Å². The van der Waals surface area contributed by atoms with Crippen molar-refractivity contribution in [1.29, 1.82) is 0 Å². The minimum Gasteiger partial charge on any atom is -0.391 e. The van der Waals surface area contributed by atoms with Crippen LogP contribution in [-0.2, 0) is 6.61 Å². The lowest BCUT2D eigenvalue weighted by Crippen LogP contribution is -2.47. The Balaban J connectivity index is 1.46. The molecule has 0 spiro atoms. The van der Waals surface area contributed by atoms with Crippen molar-refractivity contribution in [3.8, 4) is 0 Å². The van der Waals surface area contributed by atoms with Crippen LogP contribution in [0.15, 0.2) is 0 Å². The highest BCUT2D eigenvalue weighted by Crippen LogP contribution is 2.44. The first-order chi connectivity index (χ1) is 9.35. The number of hydrogen-bond donors (Lipinski definition) is 1. The number of hydrogen-bond acceptors (Lipinski definition) is 5. The van der Waals surface area contributed by atoms with Crippen molar-refractivity contribution < 1.29 is 5.11 Å². The van der Waals surface area contributed by atoms with E-state index in [0.717, 1.165) is 29.1 Å². The molecule has 0 bridgehead atoms. The molecule has 1 aromatic heterocycles.